The molecule has 0 saturated carbocycles. The molecule has 0 radical (unpaired) electrons. The van der Waals surface area contributed by atoms with E-state index in [9.17, 15) is 8.78 Å². The van der Waals surface area contributed by atoms with E-state index in [-0.39, 0.29) is 18.2 Å². The summed E-state index contributed by atoms with van der Waals surface area (Å²) in [5, 5.41) is 5.42. The summed E-state index contributed by atoms with van der Waals surface area (Å²) < 4.78 is 34.3. The van der Waals surface area contributed by atoms with Crippen molar-refractivity contribution in [1.82, 2.24) is 14.8 Å². The highest BCUT2D eigenvalue weighted by atomic mass is 19.1. The molecule has 0 aliphatic rings. The number of benzene rings is 2. The monoisotopic (exact) mass is 365 g/mol. The molecule has 136 valence electrons. The van der Waals surface area contributed by atoms with Crippen molar-refractivity contribution in [3.05, 3.63) is 83.1 Å². The fraction of sp³-hybridized carbons (Fsp3) is 0.143. The number of ether oxygens (including phenoxy) is 1. The number of aromatic nitrogens is 3. The minimum Gasteiger partial charge on any atom is -0.473 e. The van der Waals surface area contributed by atoms with Crippen LogP contribution in [-0.2, 0) is 6.61 Å². The Balaban J connectivity index is 1.74. The van der Waals surface area contributed by atoms with Crippen LogP contribution >= 0.6 is 0 Å². The topological polar surface area (TPSA) is 39.9 Å². The fourth-order valence-corrected chi connectivity index (χ4v) is 3.12. The van der Waals surface area contributed by atoms with Crippen molar-refractivity contribution in [2.45, 2.75) is 20.5 Å². The molecule has 4 aromatic rings. The Morgan fingerprint density at radius 3 is 2.44 bits per heavy atom. The highest BCUT2D eigenvalue weighted by molar-refractivity contribution is 5.83. The average molecular weight is 365 g/mol. The normalized spacial score (nSPS) is 11.1. The van der Waals surface area contributed by atoms with E-state index < -0.39 is 0 Å². The number of pyridine rings is 1. The molecule has 2 heterocycles. The zero-order chi connectivity index (χ0) is 19.0. The van der Waals surface area contributed by atoms with Crippen LogP contribution in [0.5, 0.6) is 5.88 Å². The quantitative estimate of drug-likeness (QED) is 0.517. The Morgan fingerprint density at radius 2 is 1.70 bits per heavy atom. The molecule has 2 aromatic carbocycles. The van der Waals surface area contributed by atoms with Crippen LogP contribution in [0, 0.1) is 25.5 Å². The summed E-state index contributed by atoms with van der Waals surface area (Å²) in [6.07, 6.45) is 0. The summed E-state index contributed by atoms with van der Waals surface area (Å²) in [6.45, 7) is 4.03. The molecule has 0 bridgehead atoms. The van der Waals surface area contributed by atoms with Crippen LogP contribution in [0.15, 0.2) is 54.6 Å². The van der Waals surface area contributed by atoms with Crippen LogP contribution in [0.1, 0.15) is 16.8 Å². The Hall–Kier alpha value is -3.28. The van der Waals surface area contributed by atoms with Gasteiger partial charge in [0, 0.05) is 11.5 Å². The van der Waals surface area contributed by atoms with Gasteiger partial charge < -0.3 is 4.74 Å². The van der Waals surface area contributed by atoms with Crippen molar-refractivity contribution in [2.75, 3.05) is 0 Å². The van der Waals surface area contributed by atoms with E-state index in [0.717, 1.165) is 16.6 Å². The van der Waals surface area contributed by atoms with Crippen molar-refractivity contribution in [3.63, 3.8) is 0 Å². The molecule has 27 heavy (non-hydrogen) atoms. The lowest BCUT2D eigenvalue weighted by Gasteiger charge is -2.09. The second-order valence-electron chi connectivity index (χ2n) is 6.37. The largest absolute Gasteiger partial charge is 0.473 e. The predicted molar refractivity (Wildman–Crippen MR) is 99.0 cm³/mol. The van der Waals surface area contributed by atoms with Gasteiger partial charge in [0.2, 0.25) is 5.88 Å². The maximum atomic E-state index is 13.6. The lowest BCUT2D eigenvalue weighted by molar-refractivity contribution is 0.294. The molecule has 0 fully saturated rings. The maximum Gasteiger partial charge on any atom is 0.215 e. The van der Waals surface area contributed by atoms with Gasteiger partial charge in [-0.25, -0.2) is 13.5 Å². The second-order valence-corrected chi connectivity index (χ2v) is 6.37. The zero-order valence-corrected chi connectivity index (χ0v) is 14.9. The molecule has 0 aliphatic heterocycles. The van der Waals surface area contributed by atoms with E-state index >= 15 is 0 Å². The Labute approximate surface area is 155 Å². The number of hydrogen-bond acceptors (Lipinski definition) is 3. The van der Waals surface area contributed by atoms with Crippen molar-refractivity contribution >= 4 is 11.0 Å². The van der Waals surface area contributed by atoms with Crippen LogP contribution in [-0.4, -0.2) is 14.8 Å². The van der Waals surface area contributed by atoms with Gasteiger partial charge in [-0.3, -0.25) is 0 Å². The third-order valence-electron chi connectivity index (χ3n) is 4.31. The number of fused-ring (bicyclic) bond motifs is 1. The predicted octanol–water partition coefficient (Wildman–Crippen LogP) is 4.89. The first-order chi connectivity index (χ1) is 13.0. The number of nitrogens with zero attached hydrogens (tertiary/aromatic N) is 3. The van der Waals surface area contributed by atoms with E-state index in [4.69, 9.17) is 4.74 Å². The van der Waals surface area contributed by atoms with Crippen LogP contribution in [0.3, 0.4) is 0 Å². The highest BCUT2D eigenvalue weighted by Gasteiger charge is 2.15. The summed E-state index contributed by atoms with van der Waals surface area (Å²) >= 11 is 0. The Morgan fingerprint density at radius 1 is 0.963 bits per heavy atom. The molecule has 0 unspecified atom stereocenters. The lowest BCUT2D eigenvalue weighted by Crippen LogP contribution is -2.02. The van der Waals surface area contributed by atoms with Gasteiger partial charge in [0.1, 0.15) is 18.2 Å². The van der Waals surface area contributed by atoms with Gasteiger partial charge in [-0.05, 0) is 55.3 Å². The molecule has 6 heteroatoms. The van der Waals surface area contributed by atoms with Gasteiger partial charge >= 0.3 is 0 Å². The van der Waals surface area contributed by atoms with E-state index in [0.29, 0.717) is 22.8 Å². The highest BCUT2D eigenvalue weighted by Crippen LogP contribution is 2.27. The summed E-state index contributed by atoms with van der Waals surface area (Å²) in [5.41, 5.74) is 3.64. The summed E-state index contributed by atoms with van der Waals surface area (Å²) in [7, 11) is 0. The van der Waals surface area contributed by atoms with E-state index in [2.05, 4.69) is 10.1 Å². The SMILES string of the molecule is Cc1cc(OCc2cccc(F)c2)nc2c1c(C)nn2-c1cccc(F)c1. The van der Waals surface area contributed by atoms with Crippen molar-refractivity contribution in [2.24, 2.45) is 0 Å². The fourth-order valence-electron chi connectivity index (χ4n) is 3.12. The Kier molecular flexibility index (Phi) is 4.32. The first-order valence-electron chi connectivity index (χ1n) is 8.51. The third-order valence-corrected chi connectivity index (χ3v) is 4.31. The van der Waals surface area contributed by atoms with Crippen molar-refractivity contribution in [3.8, 4) is 11.6 Å². The summed E-state index contributed by atoms with van der Waals surface area (Å²) in [5.74, 6) is -0.249. The minimum absolute atomic E-state index is 0.197. The minimum atomic E-state index is -0.343. The van der Waals surface area contributed by atoms with E-state index in [1.54, 1.807) is 28.9 Å². The zero-order valence-electron chi connectivity index (χ0n) is 14.9. The smallest absolute Gasteiger partial charge is 0.215 e. The second kappa shape index (κ2) is 6.79. The Bertz CT molecular complexity index is 1140. The van der Waals surface area contributed by atoms with Gasteiger partial charge in [0.15, 0.2) is 5.65 Å². The molecule has 2 aromatic heterocycles. The molecule has 0 saturated heterocycles. The van der Waals surface area contributed by atoms with E-state index in [1.807, 2.05) is 19.9 Å². The van der Waals surface area contributed by atoms with Gasteiger partial charge in [-0.15, -0.1) is 0 Å². The number of rotatable bonds is 4. The first-order valence-corrected chi connectivity index (χ1v) is 8.51. The molecule has 0 atom stereocenters. The van der Waals surface area contributed by atoms with Crippen LogP contribution in [0.4, 0.5) is 8.78 Å². The number of hydrogen-bond donors (Lipinski definition) is 0. The van der Waals surface area contributed by atoms with Gasteiger partial charge in [0.25, 0.3) is 0 Å². The standard InChI is InChI=1S/C21H17F2N3O/c1-13-9-19(27-12-15-5-3-6-16(22)10-15)24-21-20(13)14(2)25-26(21)18-8-4-7-17(23)11-18/h3-11H,12H2,1-2H3. The van der Waals surface area contributed by atoms with E-state index in [1.165, 1.54) is 24.3 Å². The van der Waals surface area contributed by atoms with Crippen LogP contribution in [0.25, 0.3) is 16.7 Å². The molecular formula is C21H17F2N3O. The average Bonchev–Trinajstić information content (AvgIpc) is 2.97. The molecule has 0 aliphatic carbocycles. The summed E-state index contributed by atoms with van der Waals surface area (Å²) in [4.78, 5) is 4.56. The molecule has 4 rings (SSSR count). The molecule has 0 amide bonds. The van der Waals surface area contributed by atoms with Gasteiger partial charge in [-0.1, -0.05) is 18.2 Å². The van der Waals surface area contributed by atoms with Gasteiger partial charge in [0.05, 0.1) is 11.4 Å². The van der Waals surface area contributed by atoms with Crippen molar-refractivity contribution < 1.29 is 13.5 Å². The number of halogens is 2. The molecule has 0 spiro atoms. The number of aryl methyl sites for hydroxylation is 2. The molecule has 4 nitrogen and oxygen atoms in total. The molecule has 0 N–H and O–H groups in total. The van der Waals surface area contributed by atoms with Crippen LogP contribution in [0.2, 0.25) is 0 Å². The van der Waals surface area contributed by atoms with Crippen molar-refractivity contribution in [1.29, 1.82) is 0 Å². The third kappa shape index (κ3) is 3.38. The molecular weight excluding hydrogens is 348 g/mol. The summed E-state index contributed by atoms with van der Waals surface area (Å²) in [6, 6.07) is 14.2. The lowest BCUT2D eigenvalue weighted by atomic mass is 10.1. The maximum absolute atomic E-state index is 13.6. The first kappa shape index (κ1) is 17.1. The van der Waals surface area contributed by atoms with Crippen LogP contribution < -0.4 is 4.74 Å². The van der Waals surface area contributed by atoms with Gasteiger partial charge in [-0.2, -0.15) is 10.1 Å².